The molecule has 1 atom stereocenters. The normalized spacial score (nSPS) is 17.3. The third-order valence-corrected chi connectivity index (χ3v) is 4.24. The predicted molar refractivity (Wildman–Crippen MR) is 114 cm³/mol. The van der Waals surface area contributed by atoms with Gasteiger partial charge in [-0.25, -0.2) is 0 Å². The highest BCUT2D eigenvalue weighted by Crippen LogP contribution is 2.19. The Bertz CT molecular complexity index is 525. The Labute approximate surface area is 169 Å². The summed E-state index contributed by atoms with van der Waals surface area (Å²) in [5.41, 5.74) is 1.22. The second-order valence-electron chi connectivity index (χ2n) is 6.08. The zero-order valence-electron chi connectivity index (χ0n) is 15.7. The quantitative estimate of drug-likeness (QED) is 0.367. The molecule has 0 bridgehead atoms. The molecular formula is C19H32IN3O2. The van der Waals surface area contributed by atoms with E-state index < -0.39 is 0 Å². The highest BCUT2D eigenvalue weighted by Gasteiger charge is 2.24. The van der Waals surface area contributed by atoms with Crippen LogP contribution in [0.5, 0.6) is 5.75 Å². The summed E-state index contributed by atoms with van der Waals surface area (Å²) in [6.07, 6.45) is 2.06. The van der Waals surface area contributed by atoms with E-state index in [2.05, 4.69) is 29.3 Å². The van der Waals surface area contributed by atoms with Crippen molar-refractivity contribution in [3.05, 3.63) is 29.8 Å². The maximum atomic E-state index is 5.69. The van der Waals surface area contributed by atoms with Crippen LogP contribution in [0.2, 0.25) is 0 Å². The van der Waals surface area contributed by atoms with Crippen molar-refractivity contribution in [3.8, 4) is 5.75 Å². The van der Waals surface area contributed by atoms with Crippen LogP contribution < -0.4 is 10.1 Å². The number of likely N-dealkylation sites (tertiary alicyclic amines) is 1. The lowest BCUT2D eigenvalue weighted by Crippen LogP contribution is -2.40. The number of benzene rings is 1. The standard InChI is InChI=1S/C19H31N3O2.HI/c1-4-20-19(22-13-11-16(14-22)15-23-3)21-12-10-17-8-6-7-9-18(17)24-5-2;/h6-9,16H,4-5,10-15H2,1-3H3,(H,20,21);1H. The van der Waals surface area contributed by atoms with Crippen LogP contribution in [0.25, 0.3) is 0 Å². The lowest BCUT2D eigenvalue weighted by molar-refractivity contribution is 0.157. The Morgan fingerprint density at radius 3 is 2.84 bits per heavy atom. The first kappa shape index (κ1) is 22.0. The Morgan fingerprint density at radius 2 is 2.12 bits per heavy atom. The summed E-state index contributed by atoms with van der Waals surface area (Å²) in [6.45, 7) is 9.38. The lowest BCUT2D eigenvalue weighted by atomic mass is 10.1. The number of para-hydroxylation sites is 1. The highest BCUT2D eigenvalue weighted by molar-refractivity contribution is 14.0. The molecule has 0 aliphatic carbocycles. The molecule has 5 nitrogen and oxygen atoms in total. The first-order chi connectivity index (χ1) is 11.8. The van der Waals surface area contributed by atoms with Gasteiger partial charge in [-0.3, -0.25) is 4.99 Å². The van der Waals surface area contributed by atoms with Crippen LogP contribution >= 0.6 is 24.0 Å². The van der Waals surface area contributed by atoms with Crippen molar-refractivity contribution in [2.24, 2.45) is 10.9 Å². The third kappa shape index (κ3) is 7.01. The van der Waals surface area contributed by atoms with Crippen LogP contribution in [0.3, 0.4) is 0 Å². The van der Waals surface area contributed by atoms with E-state index in [1.807, 2.05) is 19.1 Å². The predicted octanol–water partition coefficient (Wildman–Crippen LogP) is 3.18. The van der Waals surface area contributed by atoms with Crippen molar-refractivity contribution in [2.75, 3.05) is 46.5 Å². The number of hydrogen-bond acceptors (Lipinski definition) is 3. The minimum Gasteiger partial charge on any atom is -0.494 e. The molecule has 1 aliphatic rings. The average Bonchev–Trinajstić information content (AvgIpc) is 3.05. The van der Waals surface area contributed by atoms with Gasteiger partial charge in [0.2, 0.25) is 0 Å². The van der Waals surface area contributed by atoms with Crippen LogP contribution in [0, 0.1) is 5.92 Å². The van der Waals surface area contributed by atoms with Gasteiger partial charge in [-0.1, -0.05) is 18.2 Å². The second-order valence-corrected chi connectivity index (χ2v) is 6.08. The summed E-state index contributed by atoms with van der Waals surface area (Å²) in [5, 5.41) is 3.42. The summed E-state index contributed by atoms with van der Waals surface area (Å²) < 4.78 is 11.0. The van der Waals surface area contributed by atoms with Gasteiger partial charge in [0.15, 0.2) is 5.96 Å². The summed E-state index contributed by atoms with van der Waals surface area (Å²) in [4.78, 5) is 7.17. The van der Waals surface area contributed by atoms with E-state index in [0.29, 0.717) is 12.5 Å². The van der Waals surface area contributed by atoms with Crippen LogP contribution in [-0.4, -0.2) is 57.4 Å². The molecule has 142 valence electrons. The SMILES string of the molecule is CCNC(=NCCc1ccccc1OCC)N1CCC(COC)C1.I. The summed E-state index contributed by atoms with van der Waals surface area (Å²) in [5.74, 6) is 2.60. The lowest BCUT2D eigenvalue weighted by Gasteiger charge is -2.21. The van der Waals surface area contributed by atoms with Gasteiger partial charge in [0.05, 0.1) is 13.2 Å². The summed E-state index contributed by atoms with van der Waals surface area (Å²) in [7, 11) is 1.78. The fourth-order valence-electron chi connectivity index (χ4n) is 3.11. The number of hydrogen-bond donors (Lipinski definition) is 1. The molecule has 1 heterocycles. The number of nitrogens with zero attached hydrogens (tertiary/aromatic N) is 2. The van der Waals surface area contributed by atoms with Crippen molar-refractivity contribution in [1.82, 2.24) is 10.2 Å². The number of rotatable bonds is 8. The molecule has 2 rings (SSSR count). The van der Waals surface area contributed by atoms with E-state index in [4.69, 9.17) is 14.5 Å². The molecule has 1 aromatic rings. The van der Waals surface area contributed by atoms with Gasteiger partial charge < -0.3 is 19.7 Å². The number of nitrogens with one attached hydrogen (secondary N) is 1. The zero-order chi connectivity index (χ0) is 17.2. The second kappa shape index (κ2) is 12.4. The molecule has 6 heteroatoms. The largest absolute Gasteiger partial charge is 0.494 e. The van der Waals surface area contributed by atoms with Crippen LogP contribution in [0.1, 0.15) is 25.8 Å². The first-order valence-corrected chi connectivity index (χ1v) is 9.01. The van der Waals surface area contributed by atoms with Gasteiger partial charge in [-0.2, -0.15) is 0 Å². The van der Waals surface area contributed by atoms with Crippen molar-refractivity contribution in [1.29, 1.82) is 0 Å². The monoisotopic (exact) mass is 461 g/mol. The van der Waals surface area contributed by atoms with Gasteiger partial charge in [-0.05, 0) is 38.3 Å². The molecule has 0 aromatic heterocycles. The smallest absolute Gasteiger partial charge is 0.193 e. The van der Waals surface area contributed by atoms with E-state index in [9.17, 15) is 0 Å². The summed E-state index contributed by atoms with van der Waals surface area (Å²) in [6, 6.07) is 8.23. The Balaban J connectivity index is 0.00000312. The average molecular weight is 461 g/mol. The van der Waals surface area contributed by atoms with E-state index in [1.54, 1.807) is 7.11 Å². The van der Waals surface area contributed by atoms with Gasteiger partial charge in [0.1, 0.15) is 5.75 Å². The van der Waals surface area contributed by atoms with Crippen molar-refractivity contribution in [2.45, 2.75) is 26.7 Å². The highest BCUT2D eigenvalue weighted by atomic mass is 127. The van der Waals surface area contributed by atoms with E-state index >= 15 is 0 Å². The van der Waals surface area contributed by atoms with Crippen LogP contribution in [0.4, 0.5) is 0 Å². The molecule has 1 saturated heterocycles. The minimum absolute atomic E-state index is 0. The van der Waals surface area contributed by atoms with Crippen LogP contribution in [0.15, 0.2) is 29.3 Å². The Kier molecular flexibility index (Phi) is 10.9. The van der Waals surface area contributed by atoms with Crippen molar-refractivity contribution < 1.29 is 9.47 Å². The van der Waals surface area contributed by atoms with Gasteiger partial charge in [0, 0.05) is 39.2 Å². The molecule has 0 saturated carbocycles. The number of halogens is 1. The maximum absolute atomic E-state index is 5.69. The van der Waals surface area contributed by atoms with Gasteiger partial charge >= 0.3 is 0 Å². The molecule has 1 aromatic carbocycles. The van der Waals surface area contributed by atoms with Crippen molar-refractivity contribution in [3.63, 3.8) is 0 Å². The number of methoxy groups -OCH3 is 1. The van der Waals surface area contributed by atoms with Crippen LogP contribution in [-0.2, 0) is 11.2 Å². The molecular weight excluding hydrogens is 429 g/mol. The minimum atomic E-state index is 0. The Hall–Kier alpha value is -1.02. The Morgan fingerprint density at radius 1 is 1.32 bits per heavy atom. The van der Waals surface area contributed by atoms with E-state index in [1.165, 1.54) is 12.0 Å². The molecule has 1 unspecified atom stereocenters. The number of aliphatic imine (C=N–C) groups is 1. The van der Waals surface area contributed by atoms with Gasteiger partial charge in [0.25, 0.3) is 0 Å². The first-order valence-electron chi connectivity index (χ1n) is 9.01. The molecule has 1 fully saturated rings. The zero-order valence-corrected chi connectivity index (χ0v) is 18.0. The molecule has 25 heavy (non-hydrogen) atoms. The van der Waals surface area contributed by atoms with Gasteiger partial charge in [-0.15, -0.1) is 24.0 Å². The molecule has 1 N–H and O–H groups in total. The van der Waals surface area contributed by atoms with E-state index in [0.717, 1.165) is 50.9 Å². The number of guanidine groups is 1. The van der Waals surface area contributed by atoms with E-state index in [-0.39, 0.29) is 24.0 Å². The topological polar surface area (TPSA) is 46.1 Å². The maximum Gasteiger partial charge on any atom is 0.193 e. The fourth-order valence-corrected chi connectivity index (χ4v) is 3.11. The third-order valence-electron chi connectivity index (χ3n) is 4.24. The fraction of sp³-hybridized carbons (Fsp3) is 0.632. The molecule has 0 radical (unpaired) electrons. The van der Waals surface area contributed by atoms with Crippen molar-refractivity contribution >= 4 is 29.9 Å². The number of ether oxygens (including phenoxy) is 2. The molecule has 0 amide bonds. The summed E-state index contributed by atoms with van der Waals surface area (Å²) >= 11 is 0. The molecule has 0 spiro atoms. The molecule has 1 aliphatic heterocycles.